The van der Waals surface area contributed by atoms with E-state index in [1.165, 1.54) is 6.26 Å². The smallest absolute Gasteiger partial charge is 0.289 e. The maximum Gasteiger partial charge on any atom is 0.289 e. The Bertz CT molecular complexity index is 964. The molecular weight excluding hydrogens is 370 g/mol. The summed E-state index contributed by atoms with van der Waals surface area (Å²) in [5.74, 6) is 3.37. The maximum atomic E-state index is 12.4. The second-order valence-corrected chi connectivity index (χ2v) is 6.77. The van der Waals surface area contributed by atoms with E-state index < -0.39 is 0 Å². The number of carbonyl (C=O) groups is 1. The Morgan fingerprint density at radius 1 is 1.10 bits per heavy atom. The summed E-state index contributed by atoms with van der Waals surface area (Å²) in [5.41, 5.74) is 0.920. The first-order chi connectivity index (χ1) is 14.1. The molecule has 3 aromatic rings. The average molecular weight is 393 g/mol. The molecule has 4 rings (SSSR count). The highest BCUT2D eigenvalue weighted by molar-refractivity contribution is 5.91. The third-order valence-corrected chi connectivity index (χ3v) is 4.81. The van der Waals surface area contributed by atoms with Crippen molar-refractivity contribution in [2.45, 2.75) is 6.92 Å². The molecule has 0 unspecified atom stereocenters. The summed E-state index contributed by atoms with van der Waals surface area (Å²) >= 11 is 0. The molecule has 0 aliphatic carbocycles. The molecule has 1 N–H and O–H groups in total. The highest BCUT2D eigenvalue weighted by Crippen LogP contribution is 2.23. The number of aromatic nitrogens is 2. The largest absolute Gasteiger partial charge is 0.497 e. The molecule has 29 heavy (non-hydrogen) atoms. The van der Waals surface area contributed by atoms with Gasteiger partial charge in [-0.3, -0.25) is 4.79 Å². The molecule has 2 aromatic heterocycles. The first-order valence-electron chi connectivity index (χ1n) is 9.47. The van der Waals surface area contributed by atoms with Gasteiger partial charge in [0, 0.05) is 37.9 Å². The van der Waals surface area contributed by atoms with E-state index in [4.69, 9.17) is 9.15 Å². The predicted molar refractivity (Wildman–Crippen MR) is 110 cm³/mol. The van der Waals surface area contributed by atoms with Crippen molar-refractivity contribution in [1.82, 2.24) is 14.9 Å². The lowest BCUT2D eigenvalue weighted by Crippen LogP contribution is -2.49. The molecule has 1 amide bonds. The van der Waals surface area contributed by atoms with Crippen LogP contribution in [0.1, 0.15) is 16.4 Å². The van der Waals surface area contributed by atoms with Crippen LogP contribution in [-0.4, -0.2) is 54.1 Å². The molecule has 0 radical (unpaired) electrons. The third kappa shape index (κ3) is 4.31. The number of methoxy groups -OCH3 is 1. The Morgan fingerprint density at radius 3 is 2.52 bits per heavy atom. The number of piperazine rings is 1. The van der Waals surface area contributed by atoms with Crippen molar-refractivity contribution in [2.75, 3.05) is 43.5 Å². The van der Waals surface area contributed by atoms with Gasteiger partial charge in [0.25, 0.3) is 5.91 Å². The molecule has 8 nitrogen and oxygen atoms in total. The van der Waals surface area contributed by atoms with E-state index in [0.717, 1.165) is 23.1 Å². The second kappa shape index (κ2) is 8.22. The lowest BCUT2D eigenvalue weighted by Gasteiger charge is -2.35. The second-order valence-electron chi connectivity index (χ2n) is 6.77. The van der Waals surface area contributed by atoms with Gasteiger partial charge in [0.1, 0.15) is 23.2 Å². The summed E-state index contributed by atoms with van der Waals surface area (Å²) in [6.07, 6.45) is 1.52. The Labute approximate surface area is 169 Å². The normalized spacial score (nSPS) is 14.0. The topological polar surface area (TPSA) is 83.7 Å². The molecule has 8 heteroatoms. The van der Waals surface area contributed by atoms with Crippen molar-refractivity contribution in [2.24, 2.45) is 0 Å². The van der Waals surface area contributed by atoms with E-state index in [0.29, 0.717) is 37.8 Å². The van der Waals surface area contributed by atoms with E-state index in [1.807, 2.05) is 37.3 Å². The lowest BCUT2D eigenvalue weighted by atomic mass is 10.2. The molecule has 3 heterocycles. The Balaban J connectivity index is 1.43. The van der Waals surface area contributed by atoms with E-state index >= 15 is 0 Å². The van der Waals surface area contributed by atoms with Crippen LogP contribution >= 0.6 is 0 Å². The molecule has 0 bridgehead atoms. The van der Waals surface area contributed by atoms with Crippen LogP contribution in [-0.2, 0) is 0 Å². The van der Waals surface area contributed by atoms with Crippen LogP contribution in [0.15, 0.2) is 53.1 Å². The zero-order valence-electron chi connectivity index (χ0n) is 16.5. The van der Waals surface area contributed by atoms with Gasteiger partial charge in [-0.15, -0.1) is 0 Å². The van der Waals surface area contributed by atoms with Crippen molar-refractivity contribution in [3.8, 4) is 5.75 Å². The molecule has 150 valence electrons. The summed E-state index contributed by atoms with van der Waals surface area (Å²) in [6, 6.07) is 13.0. The van der Waals surface area contributed by atoms with Crippen molar-refractivity contribution in [3.63, 3.8) is 0 Å². The predicted octanol–water partition coefficient (Wildman–Crippen LogP) is 3.09. The lowest BCUT2D eigenvalue weighted by molar-refractivity contribution is 0.0714. The molecular formula is C21H23N5O3. The minimum atomic E-state index is -0.0737. The van der Waals surface area contributed by atoms with Crippen molar-refractivity contribution in [1.29, 1.82) is 0 Å². The molecule has 1 aromatic carbocycles. The fraction of sp³-hybridized carbons (Fsp3) is 0.286. The van der Waals surface area contributed by atoms with Crippen LogP contribution < -0.4 is 15.0 Å². The highest BCUT2D eigenvalue weighted by Gasteiger charge is 2.24. The van der Waals surface area contributed by atoms with Crippen molar-refractivity contribution >= 4 is 23.2 Å². The minimum absolute atomic E-state index is 0.0737. The van der Waals surface area contributed by atoms with E-state index in [2.05, 4.69) is 20.2 Å². The van der Waals surface area contributed by atoms with Gasteiger partial charge < -0.3 is 24.3 Å². The van der Waals surface area contributed by atoms with Gasteiger partial charge in [0.2, 0.25) is 0 Å². The van der Waals surface area contributed by atoms with Gasteiger partial charge in [-0.05, 0) is 43.3 Å². The number of amides is 1. The number of nitrogens with zero attached hydrogens (tertiary/aromatic N) is 4. The number of aryl methyl sites for hydroxylation is 1. The summed E-state index contributed by atoms with van der Waals surface area (Å²) < 4.78 is 10.4. The van der Waals surface area contributed by atoms with Gasteiger partial charge in [-0.25, -0.2) is 9.97 Å². The minimum Gasteiger partial charge on any atom is -0.497 e. The first kappa shape index (κ1) is 18.8. The monoisotopic (exact) mass is 393 g/mol. The van der Waals surface area contributed by atoms with Crippen LogP contribution in [0.25, 0.3) is 0 Å². The molecule has 1 aliphatic rings. The standard InChI is InChI=1S/C21H23N5O3/c1-15-22-19(24-16-5-7-17(28-2)8-6-16)14-20(23-15)25-9-11-26(12-10-25)21(27)18-4-3-13-29-18/h3-8,13-14H,9-12H2,1-2H3,(H,22,23,24). The van der Waals surface area contributed by atoms with Crippen molar-refractivity contribution in [3.05, 3.63) is 60.3 Å². The van der Waals surface area contributed by atoms with E-state index in [-0.39, 0.29) is 5.91 Å². The van der Waals surface area contributed by atoms with E-state index in [1.54, 1.807) is 24.1 Å². The van der Waals surface area contributed by atoms with Gasteiger partial charge >= 0.3 is 0 Å². The van der Waals surface area contributed by atoms with Gasteiger partial charge in [0.05, 0.1) is 13.4 Å². The average Bonchev–Trinajstić information content (AvgIpc) is 3.28. The molecule has 0 spiro atoms. The maximum absolute atomic E-state index is 12.4. The molecule has 0 atom stereocenters. The number of carbonyl (C=O) groups excluding carboxylic acids is 1. The number of furan rings is 1. The van der Waals surface area contributed by atoms with Gasteiger partial charge in [-0.2, -0.15) is 0 Å². The number of hydrogen-bond acceptors (Lipinski definition) is 7. The number of hydrogen-bond donors (Lipinski definition) is 1. The van der Waals surface area contributed by atoms with Crippen LogP contribution in [0.5, 0.6) is 5.75 Å². The zero-order chi connectivity index (χ0) is 20.2. The number of anilines is 3. The highest BCUT2D eigenvalue weighted by atomic mass is 16.5. The molecule has 0 saturated carbocycles. The van der Waals surface area contributed by atoms with Crippen LogP contribution in [0, 0.1) is 6.92 Å². The SMILES string of the molecule is COc1ccc(Nc2cc(N3CCN(C(=O)c4ccco4)CC3)nc(C)n2)cc1. The number of nitrogens with one attached hydrogen (secondary N) is 1. The van der Waals surface area contributed by atoms with Crippen LogP contribution in [0.3, 0.4) is 0 Å². The van der Waals surface area contributed by atoms with E-state index in [9.17, 15) is 4.79 Å². The third-order valence-electron chi connectivity index (χ3n) is 4.81. The number of benzene rings is 1. The van der Waals surface area contributed by atoms with Crippen molar-refractivity contribution < 1.29 is 13.9 Å². The van der Waals surface area contributed by atoms with Gasteiger partial charge in [-0.1, -0.05) is 0 Å². The summed E-state index contributed by atoms with van der Waals surface area (Å²) in [4.78, 5) is 25.5. The number of rotatable bonds is 5. The molecule has 1 fully saturated rings. The van der Waals surface area contributed by atoms with Crippen LogP contribution in [0.2, 0.25) is 0 Å². The summed E-state index contributed by atoms with van der Waals surface area (Å²) in [5, 5.41) is 3.31. The van der Waals surface area contributed by atoms with Gasteiger partial charge in [0.15, 0.2) is 5.76 Å². The Hall–Kier alpha value is -3.55. The fourth-order valence-electron chi connectivity index (χ4n) is 3.29. The Kier molecular flexibility index (Phi) is 5.33. The first-order valence-corrected chi connectivity index (χ1v) is 9.47. The fourth-order valence-corrected chi connectivity index (χ4v) is 3.29. The quantitative estimate of drug-likeness (QED) is 0.713. The van der Waals surface area contributed by atoms with Crippen LogP contribution in [0.4, 0.5) is 17.3 Å². The summed E-state index contributed by atoms with van der Waals surface area (Å²) in [7, 11) is 1.64. The summed E-state index contributed by atoms with van der Waals surface area (Å²) in [6.45, 7) is 4.50. The molecule has 1 aliphatic heterocycles. The number of ether oxygens (including phenoxy) is 1. The molecule has 1 saturated heterocycles. The Morgan fingerprint density at radius 2 is 1.86 bits per heavy atom. The zero-order valence-corrected chi connectivity index (χ0v) is 16.5.